The molecule has 0 unspecified atom stereocenters. The SMILES string of the molecule is O=C(Nc1cccc(CO)c1)c1csc(-c2ccc(F)c(F)c2)n1. The van der Waals surface area contributed by atoms with E-state index in [1.54, 1.807) is 29.6 Å². The number of aromatic nitrogens is 1. The number of carbonyl (C=O) groups excluding carboxylic acids is 1. The van der Waals surface area contributed by atoms with E-state index in [1.165, 1.54) is 6.07 Å². The van der Waals surface area contributed by atoms with Gasteiger partial charge in [-0.2, -0.15) is 0 Å². The van der Waals surface area contributed by atoms with Crippen LogP contribution in [0.4, 0.5) is 14.5 Å². The highest BCUT2D eigenvalue weighted by Crippen LogP contribution is 2.25. The second-order valence-electron chi connectivity index (χ2n) is 4.98. The van der Waals surface area contributed by atoms with Crippen LogP contribution in [-0.2, 0) is 6.61 Å². The fourth-order valence-electron chi connectivity index (χ4n) is 2.08. The van der Waals surface area contributed by atoms with Gasteiger partial charge in [-0.25, -0.2) is 13.8 Å². The molecule has 0 saturated carbocycles. The molecule has 7 heteroatoms. The van der Waals surface area contributed by atoms with E-state index in [0.717, 1.165) is 23.5 Å². The number of amides is 1. The number of anilines is 1. The number of rotatable bonds is 4. The summed E-state index contributed by atoms with van der Waals surface area (Å²) >= 11 is 1.16. The summed E-state index contributed by atoms with van der Waals surface area (Å²) < 4.78 is 26.3. The molecule has 4 nitrogen and oxygen atoms in total. The van der Waals surface area contributed by atoms with Crippen molar-refractivity contribution in [1.82, 2.24) is 4.98 Å². The zero-order valence-electron chi connectivity index (χ0n) is 12.3. The number of aliphatic hydroxyl groups is 1. The van der Waals surface area contributed by atoms with E-state index in [-0.39, 0.29) is 12.3 Å². The normalized spacial score (nSPS) is 10.6. The van der Waals surface area contributed by atoms with Gasteiger partial charge in [0.1, 0.15) is 10.7 Å². The van der Waals surface area contributed by atoms with Crippen molar-refractivity contribution in [2.75, 3.05) is 5.32 Å². The molecule has 0 bridgehead atoms. The van der Waals surface area contributed by atoms with Crippen molar-refractivity contribution in [3.8, 4) is 10.6 Å². The van der Waals surface area contributed by atoms with Gasteiger partial charge in [-0.1, -0.05) is 12.1 Å². The number of hydrogen-bond donors (Lipinski definition) is 2. The molecule has 2 aromatic carbocycles. The van der Waals surface area contributed by atoms with Crippen LogP contribution in [0.3, 0.4) is 0 Å². The highest BCUT2D eigenvalue weighted by Gasteiger charge is 2.13. The number of hydrogen-bond acceptors (Lipinski definition) is 4. The zero-order valence-corrected chi connectivity index (χ0v) is 13.1. The first-order valence-corrected chi connectivity index (χ1v) is 7.87. The van der Waals surface area contributed by atoms with Crippen LogP contribution < -0.4 is 5.32 Å². The maximum absolute atomic E-state index is 13.3. The van der Waals surface area contributed by atoms with E-state index < -0.39 is 17.5 Å². The molecule has 0 aliphatic carbocycles. The van der Waals surface area contributed by atoms with Crippen LogP contribution in [0.15, 0.2) is 47.8 Å². The molecule has 0 radical (unpaired) electrons. The summed E-state index contributed by atoms with van der Waals surface area (Å²) in [6.07, 6.45) is 0. The smallest absolute Gasteiger partial charge is 0.275 e. The molecule has 0 atom stereocenters. The van der Waals surface area contributed by atoms with Gasteiger partial charge < -0.3 is 10.4 Å². The Balaban J connectivity index is 1.79. The second kappa shape index (κ2) is 6.86. The van der Waals surface area contributed by atoms with Crippen LogP contribution in [0.5, 0.6) is 0 Å². The maximum Gasteiger partial charge on any atom is 0.275 e. The predicted octanol–water partition coefficient (Wildman–Crippen LogP) is 3.83. The van der Waals surface area contributed by atoms with E-state index in [9.17, 15) is 13.6 Å². The van der Waals surface area contributed by atoms with Crippen LogP contribution in [0.25, 0.3) is 10.6 Å². The highest BCUT2D eigenvalue weighted by atomic mass is 32.1. The summed E-state index contributed by atoms with van der Waals surface area (Å²) in [4.78, 5) is 16.4. The van der Waals surface area contributed by atoms with Gasteiger partial charge in [-0.3, -0.25) is 4.79 Å². The summed E-state index contributed by atoms with van der Waals surface area (Å²) in [6.45, 7) is -0.124. The Morgan fingerprint density at radius 1 is 1.17 bits per heavy atom. The minimum atomic E-state index is -0.963. The fraction of sp³-hybridized carbons (Fsp3) is 0.0588. The van der Waals surface area contributed by atoms with Crippen molar-refractivity contribution in [3.05, 3.63) is 70.7 Å². The molecular weight excluding hydrogens is 334 g/mol. The molecule has 122 valence electrons. The predicted molar refractivity (Wildman–Crippen MR) is 87.8 cm³/mol. The van der Waals surface area contributed by atoms with Gasteiger partial charge in [0.05, 0.1) is 6.61 Å². The third-order valence-electron chi connectivity index (χ3n) is 3.27. The Labute approximate surface area is 140 Å². The summed E-state index contributed by atoms with van der Waals surface area (Å²) in [7, 11) is 0. The molecule has 0 spiro atoms. The average Bonchev–Trinajstić information content (AvgIpc) is 3.08. The molecule has 0 saturated heterocycles. The topological polar surface area (TPSA) is 62.2 Å². The number of aliphatic hydroxyl groups excluding tert-OH is 1. The fourth-order valence-corrected chi connectivity index (χ4v) is 2.88. The van der Waals surface area contributed by atoms with Gasteiger partial charge in [0.2, 0.25) is 0 Å². The molecule has 0 fully saturated rings. The molecule has 24 heavy (non-hydrogen) atoms. The molecule has 3 aromatic rings. The lowest BCUT2D eigenvalue weighted by atomic mass is 10.2. The third-order valence-corrected chi connectivity index (χ3v) is 4.16. The summed E-state index contributed by atoms with van der Waals surface area (Å²) in [6, 6.07) is 10.3. The zero-order chi connectivity index (χ0) is 17.1. The number of nitrogens with one attached hydrogen (secondary N) is 1. The molecule has 0 aliphatic rings. The van der Waals surface area contributed by atoms with Gasteiger partial charge in [0.15, 0.2) is 11.6 Å². The first-order valence-electron chi connectivity index (χ1n) is 6.99. The van der Waals surface area contributed by atoms with E-state index in [4.69, 9.17) is 5.11 Å². The first-order chi connectivity index (χ1) is 11.6. The summed E-state index contributed by atoms with van der Waals surface area (Å²) in [5.41, 5.74) is 1.79. The van der Waals surface area contributed by atoms with Crippen molar-refractivity contribution in [1.29, 1.82) is 0 Å². The Kier molecular flexibility index (Phi) is 4.64. The summed E-state index contributed by atoms with van der Waals surface area (Å²) in [5.74, 6) is -2.32. The lowest BCUT2D eigenvalue weighted by Gasteiger charge is -2.04. The van der Waals surface area contributed by atoms with Crippen molar-refractivity contribution in [2.24, 2.45) is 0 Å². The molecule has 1 amide bonds. The lowest BCUT2D eigenvalue weighted by Crippen LogP contribution is -2.12. The number of carbonyl (C=O) groups is 1. The number of thiazole rings is 1. The van der Waals surface area contributed by atoms with E-state index in [2.05, 4.69) is 10.3 Å². The summed E-state index contributed by atoms with van der Waals surface area (Å²) in [5, 5.41) is 13.7. The number of halogens is 2. The Morgan fingerprint density at radius 2 is 2.00 bits per heavy atom. The molecule has 1 heterocycles. The average molecular weight is 346 g/mol. The van der Waals surface area contributed by atoms with Crippen LogP contribution in [0.2, 0.25) is 0 Å². The van der Waals surface area contributed by atoms with Crippen LogP contribution in [0.1, 0.15) is 16.1 Å². The maximum atomic E-state index is 13.3. The molecule has 0 aliphatic heterocycles. The van der Waals surface area contributed by atoms with Gasteiger partial charge in [-0.05, 0) is 35.9 Å². The van der Waals surface area contributed by atoms with Crippen LogP contribution >= 0.6 is 11.3 Å². The van der Waals surface area contributed by atoms with E-state index >= 15 is 0 Å². The number of benzene rings is 2. The molecular formula is C17H12F2N2O2S. The van der Waals surface area contributed by atoms with Crippen LogP contribution in [0, 0.1) is 11.6 Å². The van der Waals surface area contributed by atoms with Gasteiger partial charge in [0, 0.05) is 16.6 Å². The van der Waals surface area contributed by atoms with Gasteiger partial charge in [-0.15, -0.1) is 11.3 Å². The Morgan fingerprint density at radius 3 is 2.75 bits per heavy atom. The largest absolute Gasteiger partial charge is 0.392 e. The highest BCUT2D eigenvalue weighted by molar-refractivity contribution is 7.13. The minimum absolute atomic E-state index is 0.124. The Bertz CT molecular complexity index is 896. The lowest BCUT2D eigenvalue weighted by molar-refractivity contribution is 0.102. The standard InChI is InChI=1S/C17H12F2N2O2S/c18-13-5-4-11(7-14(13)19)17-21-15(9-24-17)16(23)20-12-3-1-2-10(6-12)8-22/h1-7,9,22H,8H2,(H,20,23). The van der Waals surface area contributed by atoms with Crippen molar-refractivity contribution >= 4 is 22.9 Å². The van der Waals surface area contributed by atoms with Crippen LogP contribution in [-0.4, -0.2) is 16.0 Å². The minimum Gasteiger partial charge on any atom is -0.392 e. The molecule has 1 aromatic heterocycles. The second-order valence-corrected chi connectivity index (χ2v) is 5.84. The number of nitrogens with zero attached hydrogens (tertiary/aromatic N) is 1. The van der Waals surface area contributed by atoms with Gasteiger partial charge in [0.25, 0.3) is 5.91 Å². The van der Waals surface area contributed by atoms with Crippen molar-refractivity contribution in [3.63, 3.8) is 0 Å². The van der Waals surface area contributed by atoms with Crippen molar-refractivity contribution < 1.29 is 18.7 Å². The first kappa shape index (κ1) is 16.2. The van der Waals surface area contributed by atoms with Crippen molar-refractivity contribution in [2.45, 2.75) is 6.61 Å². The van der Waals surface area contributed by atoms with E-state index in [1.807, 2.05) is 0 Å². The Hall–Kier alpha value is -2.64. The molecule has 3 rings (SSSR count). The van der Waals surface area contributed by atoms with E-state index in [0.29, 0.717) is 21.8 Å². The molecule has 2 N–H and O–H groups in total. The quantitative estimate of drug-likeness (QED) is 0.755. The monoisotopic (exact) mass is 346 g/mol. The van der Waals surface area contributed by atoms with Gasteiger partial charge >= 0.3 is 0 Å². The third kappa shape index (κ3) is 3.47.